The molecular formula is C16H19N5O2. The zero-order valence-electron chi connectivity index (χ0n) is 13.2. The van der Waals surface area contributed by atoms with Crippen LogP contribution in [0, 0.1) is 0 Å². The Kier molecular flexibility index (Phi) is 4.38. The summed E-state index contributed by atoms with van der Waals surface area (Å²) in [6, 6.07) is 9.74. The number of aromatic amines is 1. The van der Waals surface area contributed by atoms with Gasteiger partial charge < -0.3 is 10.1 Å². The Morgan fingerprint density at radius 3 is 2.87 bits per heavy atom. The topological polar surface area (TPSA) is 84.8 Å². The van der Waals surface area contributed by atoms with Crippen LogP contribution in [0.1, 0.15) is 18.2 Å². The molecule has 0 spiro atoms. The Hall–Kier alpha value is -2.67. The molecule has 2 aromatic heterocycles. The maximum absolute atomic E-state index is 12.0. The lowest BCUT2D eigenvalue weighted by Crippen LogP contribution is -2.18. The molecule has 7 nitrogen and oxygen atoms in total. The number of benzene rings is 1. The summed E-state index contributed by atoms with van der Waals surface area (Å²) in [5.41, 5.74) is 2.66. The highest BCUT2D eigenvalue weighted by Crippen LogP contribution is 2.24. The van der Waals surface area contributed by atoms with E-state index in [0.717, 1.165) is 28.7 Å². The van der Waals surface area contributed by atoms with E-state index in [4.69, 9.17) is 4.74 Å². The minimum absolute atomic E-state index is 0.0167. The fourth-order valence-electron chi connectivity index (χ4n) is 2.47. The van der Waals surface area contributed by atoms with Crippen LogP contribution < -0.4 is 5.32 Å². The summed E-state index contributed by atoms with van der Waals surface area (Å²) in [4.78, 5) is 12.0. The molecule has 0 aliphatic rings. The summed E-state index contributed by atoms with van der Waals surface area (Å²) in [6.07, 6.45) is 0.768. The van der Waals surface area contributed by atoms with Crippen molar-refractivity contribution in [3.63, 3.8) is 0 Å². The lowest BCUT2D eigenvalue weighted by Gasteiger charge is -2.05. The monoisotopic (exact) mass is 313 g/mol. The van der Waals surface area contributed by atoms with E-state index < -0.39 is 0 Å². The Bertz CT molecular complexity index is 807. The first-order valence-electron chi connectivity index (χ1n) is 7.50. The first kappa shape index (κ1) is 15.2. The Morgan fingerprint density at radius 1 is 1.35 bits per heavy atom. The summed E-state index contributed by atoms with van der Waals surface area (Å²) in [6.45, 7) is 2.40. The highest BCUT2D eigenvalue weighted by molar-refractivity contribution is 6.00. The molecule has 1 aromatic carbocycles. The van der Waals surface area contributed by atoms with E-state index in [1.54, 1.807) is 4.68 Å². The van der Waals surface area contributed by atoms with Crippen molar-refractivity contribution in [2.45, 2.75) is 20.0 Å². The molecule has 7 heteroatoms. The minimum atomic E-state index is -0.225. The first-order chi connectivity index (χ1) is 11.2. The predicted molar refractivity (Wildman–Crippen MR) is 87.0 cm³/mol. The lowest BCUT2D eigenvalue weighted by atomic mass is 10.2. The van der Waals surface area contributed by atoms with Gasteiger partial charge in [-0.25, -0.2) is 4.68 Å². The van der Waals surface area contributed by atoms with Crippen LogP contribution in [0.4, 0.5) is 5.82 Å². The normalized spacial score (nSPS) is 11.0. The van der Waals surface area contributed by atoms with Crippen molar-refractivity contribution in [2.75, 3.05) is 11.9 Å². The van der Waals surface area contributed by atoms with Crippen LogP contribution in [0.5, 0.6) is 0 Å². The number of hydrogen-bond donors (Lipinski definition) is 2. The van der Waals surface area contributed by atoms with Crippen LogP contribution in [0.25, 0.3) is 11.0 Å². The van der Waals surface area contributed by atoms with Crippen LogP contribution in [-0.4, -0.2) is 32.5 Å². The maximum atomic E-state index is 12.0. The molecule has 23 heavy (non-hydrogen) atoms. The van der Waals surface area contributed by atoms with Crippen LogP contribution >= 0.6 is 0 Å². The average Bonchev–Trinajstić information content (AvgIpc) is 3.10. The molecule has 120 valence electrons. The molecule has 0 radical (unpaired) electrons. The molecule has 0 saturated carbocycles. The molecule has 0 bridgehead atoms. The standard InChI is InChI=1S/C16H19N5O2/c1-3-12-14-15(18-19-16(14)21(2)20-12)17-13(22)10-23-9-11-7-5-4-6-8-11/h4-8H,3,9-10H2,1-2H3,(H2,17,18,19,22). The van der Waals surface area contributed by atoms with Gasteiger partial charge in [-0.2, -0.15) is 10.2 Å². The van der Waals surface area contributed by atoms with Gasteiger partial charge in [0.25, 0.3) is 5.91 Å². The Labute approximate surface area is 133 Å². The molecule has 2 heterocycles. The van der Waals surface area contributed by atoms with Crippen molar-refractivity contribution in [1.29, 1.82) is 0 Å². The summed E-state index contributed by atoms with van der Waals surface area (Å²) >= 11 is 0. The third-order valence-corrected chi connectivity index (χ3v) is 3.56. The zero-order valence-corrected chi connectivity index (χ0v) is 13.2. The molecule has 0 aliphatic heterocycles. The number of rotatable bonds is 6. The fourth-order valence-corrected chi connectivity index (χ4v) is 2.47. The molecule has 3 rings (SSSR count). The highest BCUT2D eigenvalue weighted by atomic mass is 16.5. The second-order valence-electron chi connectivity index (χ2n) is 5.25. The number of nitrogens with zero attached hydrogens (tertiary/aromatic N) is 3. The smallest absolute Gasteiger partial charge is 0.251 e. The number of H-pyrrole nitrogens is 1. The molecule has 0 aliphatic carbocycles. The third kappa shape index (κ3) is 3.24. The summed E-state index contributed by atoms with van der Waals surface area (Å²) < 4.78 is 7.14. The van der Waals surface area contributed by atoms with Crippen molar-refractivity contribution < 1.29 is 9.53 Å². The second kappa shape index (κ2) is 6.62. The Morgan fingerprint density at radius 2 is 2.13 bits per heavy atom. The number of carbonyl (C=O) groups excluding carboxylic acids is 1. The maximum Gasteiger partial charge on any atom is 0.251 e. The van der Waals surface area contributed by atoms with E-state index >= 15 is 0 Å². The van der Waals surface area contributed by atoms with E-state index in [0.29, 0.717) is 12.4 Å². The third-order valence-electron chi connectivity index (χ3n) is 3.56. The number of fused-ring (bicyclic) bond motifs is 1. The van der Waals surface area contributed by atoms with Crippen molar-refractivity contribution in [2.24, 2.45) is 7.05 Å². The number of hydrogen-bond acceptors (Lipinski definition) is 4. The number of amides is 1. The molecule has 0 atom stereocenters. The van der Waals surface area contributed by atoms with Gasteiger partial charge >= 0.3 is 0 Å². The van der Waals surface area contributed by atoms with Crippen LogP contribution in [0.2, 0.25) is 0 Å². The van der Waals surface area contributed by atoms with Gasteiger partial charge in [-0.05, 0) is 12.0 Å². The van der Waals surface area contributed by atoms with Crippen LogP contribution in [-0.2, 0) is 29.6 Å². The van der Waals surface area contributed by atoms with Gasteiger partial charge in [-0.3, -0.25) is 9.89 Å². The summed E-state index contributed by atoms with van der Waals surface area (Å²) in [5, 5.41) is 15.1. The fraction of sp³-hybridized carbons (Fsp3) is 0.312. The molecular weight excluding hydrogens is 294 g/mol. The number of aryl methyl sites for hydroxylation is 2. The average molecular weight is 313 g/mol. The number of carbonyl (C=O) groups is 1. The molecule has 0 fully saturated rings. The highest BCUT2D eigenvalue weighted by Gasteiger charge is 2.16. The van der Waals surface area contributed by atoms with E-state index in [1.165, 1.54) is 0 Å². The van der Waals surface area contributed by atoms with Crippen LogP contribution in [0.15, 0.2) is 30.3 Å². The number of nitrogens with one attached hydrogen (secondary N) is 2. The number of anilines is 1. The minimum Gasteiger partial charge on any atom is -0.367 e. The first-order valence-corrected chi connectivity index (χ1v) is 7.50. The van der Waals surface area contributed by atoms with Crippen molar-refractivity contribution in [1.82, 2.24) is 20.0 Å². The molecule has 0 unspecified atom stereocenters. The van der Waals surface area contributed by atoms with Gasteiger partial charge in [-0.1, -0.05) is 37.3 Å². The van der Waals surface area contributed by atoms with Gasteiger partial charge in [0.2, 0.25) is 0 Å². The van der Waals surface area contributed by atoms with Crippen molar-refractivity contribution >= 4 is 22.8 Å². The van der Waals surface area contributed by atoms with Crippen molar-refractivity contribution in [3.05, 3.63) is 41.6 Å². The predicted octanol–water partition coefficient (Wildman–Crippen LogP) is 2.01. The number of aromatic nitrogens is 4. The van der Waals surface area contributed by atoms with E-state index in [9.17, 15) is 4.79 Å². The van der Waals surface area contributed by atoms with E-state index in [-0.39, 0.29) is 12.5 Å². The second-order valence-corrected chi connectivity index (χ2v) is 5.25. The van der Waals surface area contributed by atoms with Gasteiger partial charge in [0.1, 0.15) is 12.4 Å². The SMILES string of the molecule is CCc1nn(C)c2n[nH]c(NC(=O)COCc3ccccc3)c12. The largest absolute Gasteiger partial charge is 0.367 e. The van der Waals surface area contributed by atoms with E-state index in [2.05, 4.69) is 20.6 Å². The van der Waals surface area contributed by atoms with Gasteiger partial charge in [0, 0.05) is 7.05 Å². The van der Waals surface area contributed by atoms with Crippen molar-refractivity contribution in [3.8, 4) is 0 Å². The zero-order chi connectivity index (χ0) is 16.2. The lowest BCUT2D eigenvalue weighted by molar-refractivity contribution is -0.121. The van der Waals surface area contributed by atoms with E-state index in [1.807, 2.05) is 44.3 Å². The Balaban J connectivity index is 1.62. The van der Waals surface area contributed by atoms with Gasteiger partial charge in [0.05, 0.1) is 17.7 Å². The van der Waals surface area contributed by atoms with Gasteiger partial charge in [0.15, 0.2) is 5.65 Å². The van der Waals surface area contributed by atoms with Crippen LogP contribution in [0.3, 0.4) is 0 Å². The molecule has 1 amide bonds. The quantitative estimate of drug-likeness (QED) is 0.729. The molecule has 2 N–H and O–H groups in total. The molecule has 0 saturated heterocycles. The number of ether oxygens (including phenoxy) is 1. The summed E-state index contributed by atoms with van der Waals surface area (Å²) in [5.74, 6) is 0.343. The van der Waals surface area contributed by atoms with Gasteiger partial charge in [-0.15, -0.1) is 0 Å². The summed E-state index contributed by atoms with van der Waals surface area (Å²) in [7, 11) is 1.83. The molecule has 3 aromatic rings.